The molecule has 2 rings (SSSR count). The minimum absolute atomic E-state index is 0.122. The van der Waals surface area contributed by atoms with Gasteiger partial charge in [-0.25, -0.2) is 4.79 Å². The average molecular weight is 438 g/mol. The Kier molecular flexibility index (Phi) is 8.25. The molecule has 2 amide bonds. The van der Waals surface area contributed by atoms with E-state index in [4.69, 9.17) is 9.47 Å². The van der Waals surface area contributed by atoms with Crippen molar-refractivity contribution in [3.8, 4) is 11.8 Å². The molecule has 0 spiro atoms. The first-order valence-corrected chi connectivity index (χ1v) is 10.5. The molecule has 0 fully saturated rings. The van der Waals surface area contributed by atoms with Gasteiger partial charge < -0.3 is 19.7 Å². The van der Waals surface area contributed by atoms with Crippen LogP contribution in [0, 0.1) is 17.2 Å². The van der Waals surface area contributed by atoms with Gasteiger partial charge in [-0.1, -0.05) is 38.1 Å². The van der Waals surface area contributed by atoms with E-state index >= 15 is 0 Å². The number of carbonyl (C=O) groups excluding carboxylic acids is 2. The van der Waals surface area contributed by atoms with Crippen molar-refractivity contribution in [2.75, 3.05) is 12.4 Å². The van der Waals surface area contributed by atoms with Gasteiger partial charge >= 0.3 is 6.09 Å². The number of para-hydroxylation sites is 1. The van der Waals surface area contributed by atoms with Crippen LogP contribution in [-0.4, -0.2) is 35.7 Å². The van der Waals surface area contributed by atoms with Gasteiger partial charge in [0.05, 0.1) is 5.56 Å². The molecule has 1 N–H and O–H groups in total. The fourth-order valence-electron chi connectivity index (χ4n) is 2.93. The summed E-state index contributed by atoms with van der Waals surface area (Å²) in [5.41, 5.74) is 1.23. The highest BCUT2D eigenvalue weighted by Crippen LogP contribution is 2.22. The van der Waals surface area contributed by atoms with Crippen LogP contribution in [0.25, 0.3) is 0 Å². The third-order valence-corrected chi connectivity index (χ3v) is 4.44. The summed E-state index contributed by atoms with van der Waals surface area (Å²) >= 11 is 0. The van der Waals surface area contributed by atoms with E-state index in [-0.39, 0.29) is 11.8 Å². The number of carbonyl (C=O) groups is 2. The Bertz CT molecular complexity index is 989. The molecule has 1 atom stereocenters. The molecule has 0 aliphatic heterocycles. The second-order valence-corrected chi connectivity index (χ2v) is 8.92. The summed E-state index contributed by atoms with van der Waals surface area (Å²) in [6, 6.07) is 16.2. The first-order chi connectivity index (χ1) is 15.0. The second kappa shape index (κ2) is 10.7. The molecule has 0 saturated carbocycles. The first kappa shape index (κ1) is 24.7. The molecular weight excluding hydrogens is 406 g/mol. The molecule has 2 aromatic carbocycles. The van der Waals surface area contributed by atoms with E-state index in [1.54, 1.807) is 43.4 Å². The first-order valence-electron chi connectivity index (χ1n) is 10.5. The topological polar surface area (TPSA) is 91.7 Å². The summed E-state index contributed by atoms with van der Waals surface area (Å²) < 4.78 is 11.3. The van der Waals surface area contributed by atoms with Gasteiger partial charge in [-0.2, -0.15) is 5.26 Å². The van der Waals surface area contributed by atoms with E-state index < -0.39 is 17.8 Å². The fraction of sp³-hybridized carbons (Fsp3) is 0.400. The Morgan fingerprint density at radius 2 is 1.81 bits per heavy atom. The van der Waals surface area contributed by atoms with Crippen LogP contribution in [0.15, 0.2) is 48.5 Å². The normalized spacial score (nSPS) is 11.9. The highest BCUT2D eigenvalue weighted by Gasteiger charge is 2.26. The maximum Gasteiger partial charge on any atom is 0.410 e. The molecule has 7 heteroatoms. The minimum Gasteiger partial charge on any atom is -0.479 e. The standard InChI is InChI=1S/C25H31N3O4/c1-17(2)22(31-21-13-8-7-11-19(21)15-26)23(29)27-20-12-9-10-18(14-20)16-28(6)24(30)32-25(3,4)5/h7-14,17,22H,16H2,1-6H3,(H,27,29). The summed E-state index contributed by atoms with van der Waals surface area (Å²) in [6.07, 6.45) is -1.20. The number of amides is 2. The molecule has 7 nitrogen and oxygen atoms in total. The van der Waals surface area contributed by atoms with Gasteiger partial charge in [0.2, 0.25) is 0 Å². The van der Waals surface area contributed by atoms with E-state index in [1.807, 2.05) is 46.8 Å². The summed E-state index contributed by atoms with van der Waals surface area (Å²) in [4.78, 5) is 26.6. The molecule has 170 valence electrons. The maximum atomic E-state index is 13.0. The quantitative estimate of drug-likeness (QED) is 0.660. The van der Waals surface area contributed by atoms with E-state index in [1.165, 1.54) is 4.90 Å². The van der Waals surface area contributed by atoms with Crippen LogP contribution in [0.5, 0.6) is 5.75 Å². The zero-order chi connectivity index (χ0) is 23.9. The molecule has 32 heavy (non-hydrogen) atoms. The lowest BCUT2D eigenvalue weighted by Crippen LogP contribution is -2.37. The summed E-state index contributed by atoms with van der Waals surface area (Å²) in [7, 11) is 1.66. The number of nitrogens with one attached hydrogen (secondary N) is 1. The number of anilines is 1. The highest BCUT2D eigenvalue weighted by atomic mass is 16.6. The molecule has 0 aliphatic rings. The van der Waals surface area contributed by atoms with Crippen LogP contribution >= 0.6 is 0 Å². The van der Waals surface area contributed by atoms with Crippen LogP contribution < -0.4 is 10.1 Å². The Hall–Kier alpha value is -3.53. The summed E-state index contributed by atoms with van der Waals surface area (Å²) in [5, 5.41) is 12.2. The van der Waals surface area contributed by atoms with Crippen molar-refractivity contribution in [2.45, 2.75) is 52.9 Å². The molecule has 0 aliphatic carbocycles. The lowest BCUT2D eigenvalue weighted by Gasteiger charge is -2.25. The zero-order valence-corrected chi connectivity index (χ0v) is 19.5. The number of ether oxygens (including phenoxy) is 2. The van der Waals surface area contributed by atoms with Crippen molar-refractivity contribution in [1.82, 2.24) is 4.90 Å². The Labute approximate surface area is 189 Å². The SMILES string of the molecule is CC(C)C(Oc1ccccc1C#N)C(=O)Nc1cccc(CN(C)C(=O)OC(C)(C)C)c1. The van der Waals surface area contributed by atoms with Gasteiger partial charge in [0, 0.05) is 19.3 Å². The number of hydrogen-bond donors (Lipinski definition) is 1. The third kappa shape index (κ3) is 7.31. The van der Waals surface area contributed by atoms with Crippen molar-refractivity contribution in [3.05, 3.63) is 59.7 Å². The predicted octanol–water partition coefficient (Wildman–Crippen LogP) is 4.97. The van der Waals surface area contributed by atoms with Crippen LogP contribution in [0.2, 0.25) is 0 Å². The number of nitrogens with zero attached hydrogens (tertiary/aromatic N) is 2. The minimum atomic E-state index is -0.780. The van der Waals surface area contributed by atoms with Crippen molar-refractivity contribution in [1.29, 1.82) is 5.26 Å². The molecule has 0 aromatic heterocycles. The molecule has 1 unspecified atom stereocenters. The van der Waals surface area contributed by atoms with Gasteiger partial charge in [-0.05, 0) is 56.5 Å². The highest BCUT2D eigenvalue weighted by molar-refractivity contribution is 5.94. The molecule has 2 aromatic rings. The molecule has 0 bridgehead atoms. The maximum absolute atomic E-state index is 13.0. The van der Waals surface area contributed by atoms with E-state index in [0.717, 1.165) is 5.56 Å². The van der Waals surface area contributed by atoms with Gasteiger partial charge in [0.1, 0.15) is 17.4 Å². The van der Waals surface area contributed by atoms with Crippen molar-refractivity contribution < 1.29 is 19.1 Å². The Balaban J connectivity index is 2.10. The Morgan fingerprint density at radius 3 is 2.44 bits per heavy atom. The van der Waals surface area contributed by atoms with Crippen LogP contribution in [0.1, 0.15) is 45.7 Å². The molecule has 0 saturated heterocycles. The van der Waals surface area contributed by atoms with Crippen LogP contribution in [0.3, 0.4) is 0 Å². The number of rotatable bonds is 7. The van der Waals surface area contributed by atoms with Gasteiger partial charge in [0.25, 0.3) is 5.91 Å². The van der Waals surface area contributed by atoms with E-state index in [2.05, 4.69) is 11.4 Å². The lowest BCUT2D eigenvalue weighted by atomic mass is 10.1. The van der Waals surface area contributed by atoms with Gasteiger partial charge in [0.15, 0.2) is 6.10 Å². The number of benzene rings is 2. The van der Waals surface area contributed by atoms with Gasteiger partial charge in [-0.3, -0.25) is 4.79 Å². The second-order valence-electron chi connectivity index (χ2n) is 8.92. The van der Waals surface area contributed by atoms with E-state index in [0.29, 0.717) is 23.5 Å². The molecule has 0 heterocycles. The van der Waals surface area contributed by atoms with Crippen molar-refractivity contribution in [2.24, 2.45) is 5.92 Å². The smallest absolute Gasteiger partial charge is 0.410 e. The monoisotopic (exact) mass is 437 g/mol. The lowest BCUT2D eigenvalue weighted by molar-refractivity contribution is -0.124. The van der Waals surface area contributed by atoms with Crippen LogP contribution in [-0.2, 0) is 16.1 Å². The Morgan fingerprint density at radius 1 is 1.12 bits per heavy atom. The van der Waals surface area contributed by atoms with Crippen molar-refractivity contribution >= 4 is 17.7 Å². The predicted molar refractivity (Wildman–Crippen MR) is 123 cm³/mol. The zero-order valence-electron chi connectivity index (χ0n) is 19.5. The third-order valence-electron chi connectivity index (χ3n) is 4.44. The number of nitriles is 1. The largest absolute Gasteiger partial charge is 0.479 e. The summed E-state index contributed by atoms with van der Waals surface area (Å²) in [6.45, 7) is 9.54. The molecular formula is C25H31N3O4. The van der Waals surface area contributed by atoms with Crippen molar-refractivity contribution in [3.63, 3.8) is 0 Å². The average Bonchev–Trinajstić information content (AvgIpc) is 2.70. The number of hydrogen-bond acceptors (Lipinski definition) is 5. The van der Waals surface area contributed by atoms with Gasteiger partial charge in [-0.15, -0.1) is 0 Å². The fourth-order valence-corrected chi connectivity index (χ4v) is 2.93. The van der Waals surface area contributed by atoms with E-state index in [9.17, 15) is 14.9 Å². The molecule has 0 radical (unpaired) electrons. The van der Waals surface area contributed by atoms with Crippen LogP contribution in [0.4, 0.5) is 10.5 Å². The summed E-state index contributed by atoms with van der Waals surface area (Å²) in [5.74, 6) is -0.0646.